The molecule has 1 amide bonds. The van der Waals surface area contributed by atoms with Crippen LogP contribution in [0.1, 0.15) is 40.1 Å². The third kappa shape index (κ3) is 4.06. The summed E-state index contributed by atoms with van der Waals surface area (Å²) in [5, 5.41) is 12.7. The van der Waals surface area contributed by atoms with Crippen LogP contribution in [-0.4, -0.2) is 29.9 Å². The van der Waals surface area contributed by atoms with Crippen LogP contribution >= 0.6 is 0 Å². The Morgan fingerprint density at radius 2 is 1.84 bits per heavy atom. The van der Waals surface area contributed by atoms with Crippen LogP contribution in [0.2, 0.25) is 0 Å². The summed E-state index contributed by atoms with van der Waals surface area (Å²) >= 11 is 0. The summed E-state index contributed by atoms with van der Waals surface area (Å²) in [5.41, 5.74) is 11.8. The molecule has 0 saturated carbocycles. The molecule has 0 aliphatic carbocycles. The van der Waals surface area contributed by atoms with Crippen LogP contribution in [0.15, 0.2) is 91.4 Å². The first-order valence-corrected chi connectivity index (χ1v) is 12.2. The summed E-state index contributed by atoms with van der Waals surface area (Å²) in [6, 6.07) is 23.4. The number of carbonyl (C=O) groups is 1. The van der Waals surface area contributed by atoms with Gasteiger partial charge in [-0.2, -0.15) is 5.10 Å². The predicted molar refractivity (Wildman–Crippen MR) is 148 cm³/mol. The molecule has 38 heavy (non-hydrogen) atoms. The molecule has 6 rings (SSSR count). The molecule has 1 atom stereocenters. The van der Waals surface area contributed by atoms with E-state index in [0.29, 0.717) is 11.1 Å². The Labute approximate surface area is 219 Å². The summed E-state index contributed by atoms with van der Waals surface area (Å²) < 4.78 is 5.51. The normalized spacial score (nSPS) is 11.8. The second-order valence-electron chi connectivity index (χ2n) is 9.12. The number of para-hydroxylation sites is 2. The van der Waals surface area contributed by atoms with Crippen LogP contribution in [0.4, 0.5) is 5.82 Å². The van der Waals surface area contributed by atoms with Gasteiger partial charge in [-0.3, -0.25) is 9.48 Å². The van der Waals surface area contributed by atoms with Crippen molar-refractivity contribution < 1.29 is 4.79 Å². The molecule has 0 aliphatic rings. The Kier molecular flexibility index (Phi) is 5.66. The number of fused-ring (bicyclic) bond motifs is 2. The number of aryl methyl sites for hydroxylation is 1. The number of nitrogens with one attached hydrogen (secondary N) is 1. The van der Waals surface area contributed by atoms with Crippen molar-refractivity contribution in [3.05, 3.63) is 114 Å². The van der Waals surface area contributed by atoms with E-state index in [4.69, 9.17) is 5.73 Å². The maximum atomic E-state index is 13.4. The highest BCUT2D eigenvalue weighted by Crippen LogP contribution is 2.31. The zero-order chi connectivity index (χ0) is 26.2. The summed E-state index contributed by atoms with van der Waals surface area (Å²) in [6.45, 7) is 1.97. The third-order valence-electron chi connectivity index (χ3n) is 6.50. The van der Waals surface area contributed by atoms with E-state index < -0.39 is 0 Å². The van der Waals surface area contributed by atoms with Crippen LogP contribution in [-0.2, 0) is 7.05 Å². The molecule has 4 heterocycles. The average molecular weight is 500 g/mol. The van der Waals surface area contributed by atoms with Crippen LogP contribution in [0.5, 0.6) is 0 Å². The van der Waals surface area contributed by atoms with Crippen LogP contribution in [0.25, 0.3) is 22.1 Å². The van der Waals surface area contributed by atoms with Gasteiger partial charge in [0, 0.05) is 41.8 Å². The monoisotopic (exact) mass is 499 g/mol. The molecular weight excluding hydrogens is 474 g/mol. The van der Waals surface area contributed by atoms with E-state index in [9.17, 15) is 4.79 Å². The van der Waals surface area contributed by atoms with E-state index in [0.717, 1.165) is 33.4 Å². The van der Waals surface area contributed by atoms with Gasteiger partial charge in [-0.05, 0) is 43.3 Å². The number of amides is 1. The van der Waals surface area contributed by atoms with Crippen molar-refractivity contribution in [2.75, 3.05) is 5.73 Å². The molecule has 8 heteroatoms. The highest BCUT2D eigenvalue weighted by Gasteiger charge is 2.23. The number of nitrogens with two attached hydrogens (primary N) is 1. The lowest BCUT2D eigenvalue weighted by Gasteiger charge is -2.18. The molecule has 6 aromatic rings. The number of aromatic nitrogens is 5. The summed E-state index contributed by atoms with van der Waals surface area (Å²) in [6.07, 6.45) is 5.41. The van der Waals surface area contributed by atoms with Gasteiger partial charge in [0.25, 0.3) is 5.91 Å². The highest BCUT2D eigenvalue weighted by atomic mass is 16.1. The third-order valence-corrected chi connectivity index (χ3v) is 6.50. The van der Waals surface area contributed by atoms with E-state index in [1.54, 1.807) is 21.6 Å². The number of nitrogen functional groups attached to an aromatic ring is 1. The number of pyridine rings is 1. The minimum atomic E-state index is -0.340. The molecule has 4 aromatic heterocycles. The first-order valence-electron chi connectivity index (χ1n) is 12.2. The largest absolute Gasteiger partial charge is 0.382 e. The fourth-order valence-electron chi connectivity index (χ4n) is 4.77. The van der Waals surface area contributed by atoms with Gasteiger partial charge in [0.05, 0.1) is 28.8 Å². The number of nitrogens with zero attached hydrogens (tertiary/aromatic N) is 5. The molecule has 0 radical (unpaired) electrons. The Morgan fingerprint density at radius 3 is 2.63 bits per heavy atom. The topological polar surface area (TPSA) is 95.2 Å². The van der Waals surface area contributed by atoms with E-state index in [2.05, 4.69) is 44.1 Å². The standard InChI is InChI=1S/C30H25N7O/c1-20(33-30(38)27-25-13-6-7-16-36(25)34-29(27)31)26-17-23-10-8-9-22(15-14-21-18-32-35(2)19-21)28(23)37(26)24-11-4-3-5-12-24/h3-13,16-20H,1-2H3,(H2,31,34)(H,33,38)/t20-/m0/s1. The van der Waals surface area contributed by atoms with Gasteiger partial charge in [-0.1, -0.05) is 48.2 Å². The molecule has 0 fully saturated rings. The minimum absolute atomic E-state index is 0.192. The Bertz CT molecular complexity index is 1860. The zero-order valence-corrected chi connectivity index (χ0v) is 21.0. The molecule has 0 saturated heterocycles. The molecule has 0 unspecified atom stereocenters. The first kappa shape index (κ1) is 23.1. The van der Waals surface area contributed by atoms with Gasteiger partial charge in [0.15, 0.2) is 5.82 Å². The molecule has 0 aliphatic heterocycles. The number of carbonyl (C=O) groups excluding carboxylic acids is 1. The maximum Gasteiger partial charge on any atom is 0.257 e. The average Bonchev–Trinajstić information content (AvgIpc) is 3.62. The van der Waals surface area contributed by atoms with E-state index in [1.165, 1.54) is 0 Å². The first-order chi connectivity index (χ1) is 18.5. The zero-order valence-electron chi connectivity index (χ0n) is 21.0. The van der Waals surface area contributed by atoms with Gasteiger partial charge in [0.2, 0.25) is 0 Å². The maximum absolute atomic E-state index is 13.4. The van der Waals surface area contributed by atoms with Crippen LogP contribution < -0.4 is 11.1 Å². The molecule has 0 bridgehead atoms. The van der Waals surface area contributed by atoms with E-state index in [-0.39, 0.29) is 17.8 Å². The lowest BCUT2D eigenvalue weighted by Crippen LogP contribution is -2.28. The summed E-state index contributed by atoms with van der Waals surface area (Å²) in [7, 11) is 1.87. The molecule has 8 nitrogen and oxygen atoms in total. The van der Waals surface area contributed by atoms with Crippen LogP contribution in [0, 0.1) is 11.8 Å². The van der Waals surface area contributed by atoms with Gasteiger partial charge in [0.1, 0.15) is 5.56 Å². The van der Waals surface area contributed by atoms with Crippen molar-refractivity contribution in [3.8, 4) is 17.5 Å². The fraction of sp³-hybridized carbons (Fsp3) is 0.100. The molecular formula is C30H25N7O. The van der Waals surface area contributed by atoms with Crippen molar-refractivity contribution in [1.29, 1.82) is 0 Å². The molecule has 3 N–H and O–H groups in total. The number of hydrogen-bond donors (Lipinski definition) is 2. The van der Waals surface area contributed by atoms with Crippen molar-refractivity contribution in [1.82, 2.24) is 29.3 Å². The van der Waals surface area contributed by atoms with Crippen molar-refractivity contribution >= 4 is 28.1 Å². The Hall–Kier alpha value is -5.29. The molecule has 186 valence electrons. The van der Waals surface area contributed by atoms with Crippen LogP contribution in [0.3, 0.4) is 0 Å². The Balaban J connectivity index is 1.45. The SMILES string of the molecule is C[C@H](NC(=O)c1c(N)nn2ccccc12)c1cc2cccc(C#Cc3cnn(C)c3)c2n1-c1ccccc1. The lowest BCUT2D eigenvalue weighted by molar-refractivity contribution is 0.0941. The number of anilines is 1. The van der Waals surface area contributed by atoms with Crippen molar-refractivity contribution in [3.63, 3.8) is 0 Å². The fourth-order valence-corrected chi connectivity index (χ4v) is 4.77. The predicted octanol–water partition coefficient (Wildman–Crippen LogP) is 4.48. The summed E-state index contributed by atoms with van der Waals surface area (Å²) in [4.78, 5) is 13.4. The smallest absolute Gasteiger partial charge is 0.257 e. The van der Waals surface area contributed by atoms with Crippen molar-refractivity contribution in [2.45, 2.75) is 13.0 Å². The van der Waals surface area contributed by atoms with Crippen molar-refractivity contribution in [2.24, 2.45) is 7.05 Å². The Morgan fingerprint density at radius 1 is 1.03 bits per heavy atom. The van der Waals surface area contributed by atoms with Gasteiger partial charge in [-0.15, -0.1) is 5.10 Å². The lowest BCUT2D eigenvalue weighted by atomic mass is 10.1. The second kappa shape index (κ2) is 9.30. The van der Waals surface area contributed by atoms with Gasteiger partial charge >= 0.3 is 0 Å². The van der Waals surface area contributed by atoms with E-state index >= 15 is 0 Å². The number of benzene rings is 2. The van der Waals surface area contributed by atoms with E-state index in [1.807, 2.05) is 80.8 Å². The molecule has 0 spiro atoms. The summed E-state index contributed by atoms with van der Waals surface area (Å²) in [5.74, 6) is 6.47. The number of rotatable bonds is 4. The quantitative estimate of drug-likeness (QED) is 0.350. The number of hydrogen-bond acceptors (Lipinski definition) is 4. The van der Waals surface area contributed by atoms with Gasteiger partial charge < -0.3 is 15.6 Å². The van der Waals surface area contributed by atoms with Gasteiger partial charge in [-0.25, -0.2) is 4.52 Å². The molecule has 2 aromatic carbocycles. The highest BCUT2D eigenvalue weighted by molar-refractivity contribution is 6.05. The second-order valence-corrected chi connectivity index (χ2v) is 9.12. The minimum Gasteiger partial charge on any atom is -0.382 e.